The fourth-order valence-electron chi connectivity index (χ4n) is 4.84. The lowest BCUT2D eigenvalue weighted by molar-refractivity contribution is 0.178. The number of aliphatic hydroxyl groups is 1. The third kappa shape index (κ3) is 3.40. The standard InChI is InChI=1S/C18H29N5O2/c24-11-10-23-16-6-3-4-14(13(16)12-19-23)20-18(25)21-15-7-9-22-8-2-1-5-17(15)22/h12,14-15,17,24H,1-11H2,(H2,20,21,25)/t14-,15-,17-/m1/s1. The molecule has 1 aliphatic carbocycles. The van der Waals surface area contributed by atoms with Crippen molar-refractivity contribution in [2.24, 2.45) is 0 Å². The van der Waals surface area contributed by atoms with E-state index >= 15 is 0 Å². The van der Waals surface area contributed by atoms with Crippen molar-refractivity contribution in [3.8, 4) is 0 Å². The Balaban J connectivity index is 1.37. The molecular formula is C18H29N5O2. The van der Waals surface area contributed by atoms with Gasteiger partial charge >= 0.3 is 6.03 Å². The summed E-state index contributed by atoms with van der Waals surface area (Å²) in [4.78, 5) is 15.1. The van der Waals surface area contributed by atoms with Crippen LogP contribution in [0.4, 0.5) is 4.79 Å². The fourth-order valence-corrected chi connectivity index (χ4v) is 4.84. The predicted molar refractivity (Wildman–Crippen MR) is 94.3 cm³/mol. The largest absolute Gasteiger partial charge is 0.394 e. The van der Waals surface area contributed by atoms with Crippen LogP contribution in [0.3, 0.4) is 0 Å². The van der Waals surface area contributed by atoms with E-state index in [-0.39, 0.29) is 24.7 Å². The summed E-state index contributed by atoms with van der Waals surface area (Å²) in [7, 11) is 0. The highest BCUT2D eigenvalue weighted by atomic mass is 16.3. The molecule has 0 radical (unpaired) electrons. The summed E-state index contributed by atoms with van der Waals surface area (Å²) in [6.45, 7) is 2.90. The monoisotopic (exact) mass is 347 g/mol. The highest BCUT2D eigenvalue weighted by molar-refractivity contribution is 5.75. The Morgan fingerprint density at radius 1 is 1.20 bits per heavy atom. The summed E-state index contributed by atoms with van der Waals surface area (Å²) in [6, 6.07) is 0.777. The maximum atomic E-state index is 12.6. The van der Waals surface area contributed by atoms with Crippen molar-refractivity contribution in [3.05, 3.63) is 17.5 Å². The molecule has 25 heavy (non-hydrogen) atoms. The molecule has 1 aromatic heterocycles. The fraction of sp³-hybridized carbons (Fsp3) is 0.778. The molecule has 2 aliphatic heterocycles. The molecule has 3 atom stereocenters. The lowest BCUT2D eigenvalue weighted by Gasteiger charge is -2.33. The number of fused-ring (bicyclic) bond motifs is 2. The van der Waals surface area contributed by atoms with Crippen LogP contribution in [-0.2, 0) is 13.0 Å². The number of rotatable bonds is 4. The highest BCUT2D eigenvalue weighted by Gasteiger charge is 2.36. The molecule has 0 spiro atoms. The molecule has 0 bridgehead atoms. The summed E-state index contributed by atoms with van der Waals surface area (Å²) in [5, 5.41) is 19.9. The lowest BCUT2D eigenvalue weighted by Crippen LogP contribution is -2.50. The first-order valence-electron chi connectivity index (χ1n) is 9.73. The Morgan fingerprint density at radius 3 is 3.00 bits per heavy atom. The Labute approximate surface area is 148 Å². The van der Waals surface area contributed by atoms with E-state index in [0.717, 1.165) is 43.5 Å². The third-order valence-electron chi connectivity index (χ3n) is 6.05. The lowest BCUT2D eigenvalue weighted by atomic mass is 9.93. The molecule has 2 saturated heterocycles. The SMILES string of the molecule is O=C(N[C@@H]1CCCc2c1cnn2CCO)N[C@@H]1CCN2CCCC[C@H]12. The zero-order valence-electron chi connectivity index (χ0n) is 14.8. The van der Waals surface area contributed by atoms with Gasteiger partial charge in [-0.05, 0) is 45.1 Å². The van der Waals surface area contributed by atoms with Gasteiger partial charge in [0.1, 0.15) is 0 Å². The van der Waals surface area contributed by atoms with Crippen LogP contribution in [0.5, 0.6) is 0 Å². The first kappa shape index (κ1) is 16.8. The van der Waals surface area contributed by atoms with E-state index in [1.807, 2.05) is 10.9 Å². The van der Waals surface area contributed by atoms with Crippen LogP contribution < -0.4 is 10.6 Å². The van der Waals surface area contributed by atoms with Gasteiger partial charge in [0.25, 0.3) is 0 Å². The predicted octanol–water partition coefficient (Wildman–Crippen LogP) is 1.18. The van der Waals surface area contributed by atoms with Crippen molar-refractivity contribution in [2.75, 3.05) is 19.7 Å². The first-order valence-corrected chi connectivity index (χ1v) is 9.73. The summed E-state index contributed by atoms with van der Waals surface area (Å²) in [6.07, 6.45) is 9.63. The van der Waals surface area contributed by atoms with E-state index in [1.165, 1.54) is 25.8 Å². The molecule has 3 N–H and O–H groups in total. The van der Waals surface area contributed by atoms with Crippen LogP contribution in [0.15, 0.2) is 6.20 Å². The maximum Gasteiger partial charge on any atom is 0.315 e. The smallest absolute Gasteiger partial charge is 0.315 e. The second-order valence-corrected chi connectivity index (χ2v) is 7.55. The normalized spacial score (nSPS) is 29.1. The molecule has 0 saturated carbocycles. The second-order valence-electron chi connectivity index (χ2n) is 7.55. The van der Waals surface area contributed by atoms with Crippen molar-refractivity contribution in [1.82, 2.24) is 25.3 Å². The number of aliphatic hydroxyl groups excluding tert-OH is 1. The van der Waals surface area contributed by atoms with Gasteiger partial charge in [0.2, 0.25) is 0 Å². The van der Waals surface area contributed by atoms with E-state index in [9.17, 15) is 4.79 Å². The Kier molecular flexibility index (Phi) is 4.94. The number of hydrogen-bond acceptors (Lipinski definition) is 4. The van der Waals surface area contributed by atoms with Gasteiger partial charge in [0.15, 0.2) is 0 Å². The molecule has 7 nitrogen and oxygen atoms in total. The number of hydrogen-bond donors (Lipinski definition) is 3. The van der Waals surface area contributed by atoms with E-state index in [1.54, 1.807) is 0 Å². The number of piperidine rings is 1. The summed E-state index contributed by atoms with van der Waals surface area (Å²) in [5.74, 6) is 0. The summed E-state index contributed by atoms with van der Waals surface area (Å²) in [5.41, 5.74) is 2.27. The van der Waals surface area contributed by atoms with Crippen LogP contribution in [0.2, 0.25) is 0 Å². The molecule has 2 fully saturated rings. The van der Waals surface area contributed by atoms with Crippen molar-refractivity contribution in [3.63, 3.8) is 0 Å². The van der Waals surface area contributed by atoms with Gasteiger partial charge in [-0.2, -0.15) is 5.10 Å². The van der Waals surface area contributed by atoms with Crippen molar-refractivity contribution in [1.29, 1.82) is 0 Å². The molecule has 3 aliphatic rings. The van der Waals surface area contributed by atoms with Crippen LogP contribution in [0.25, 0.3) is 0 Å². The molecule has 0 unspecified atom stereocenters. The van der Waals surface area contributed by atoms with Crippen LogP contribution in [-0.4, -0.2) is 57.6 Å². The average molecular weight is 347 g/mol. The molecular weight excluding hydrogens is 318 g/mol. The molecule has 7 heteroatoms. The number of carbonyl (C=O) groups is 1. The van der Waals surface area contributed by atoms with Gasteiger partial charge in [0, 0.05) is 29.9 Å². The Bertz CT molecular complexity index is 617. The summed E-state index contributed by atoms with van der Waals surface area (Å²) < 4.78 is 1.87. The summed E-state index contributed by atoms with van der Waals surface area (Å²) >= 11 is 0. The Hall–Kier alpha value is -1.60. The number of nitrogens with zero attached hydrogens (tertiary/aromatic N) is 3. The molecule has 2 amide bonds. The van der Waals surface area contributed by atoms with Crippen molar-refractivity contribution < 1.29 is 9.90 Å². The van der Waals surface area contributed by atoms with Gasteiger partial charge in [-0.15, -0.1) is 0 Å². The van der Waals surface area contributed by atoms with E-state index < -0.39 is 0 Å². The van der Waals surface area contributed by atoms with Gasteiger partial charge < -0.3 is 15.7 Å². The van der Waals surface area contributed by atoms with Crippen LogP contribution in [0.1, 0.15) is 55.8 Å². The number of aromatic nitrogens is 2. The van der Waals surface area contributed by atoms with E-state index in [0.29, 0.717) is 12.6 Å². The van der Waals surface area contributed by atoms with Gasteiger partial charge in [-0.3, -0.25) is 9.58 Å². The second kappa shape index (κ2) is 7.33. The quantitative estimate of drug-likeness (QED) is 0.764. The first-order chi connectivity index (χ1) is 12.3. The minimum Gasteiger partial charge on any atom is -0.394 e. The van der Waals surface area contributed by atoms with Crippen LogP contribution in [0, 0.1) is 0 Å². The number of urea groups is 1. The average Bonchev–Trinajstić information content (AvgIpc) is 3.21. The zero-order chi connectivity index (χ0) is 17.2. The highest BCUT2D eigenvalue weighted by Crippen LogP contribution is 2.30. The zero-order valence-corrected chi connectivity index (χ0v) is 14.8. The van der Waals surface area contributed by atoms with Crippen molar-refractivity contribution >= 4 is 6.03 Å². The van der Waals surface area contributed by atoms with Crippen molar-refractivity contribution in [2.45, 2.75) is 69.6 Å². The number of carbonyl (C=O) groups excluding carboxylic acids is 1. The molecule has 1 aromatic rings. The van der Waals surface area contributed by atoms with Gasteiger partial charge in [-0.1, -0.05) is 6.42 Å². The Morgan fingerprint density at radius 2 is 2.12 bits per heavy atom. The van der Waals surface area contributed by atoms with E-state index in [2.05, 4.69) is 20.6 Å². The molecule has 4 rings (SSSR count). The number of amides is 2. The van der Waals surface area contributed by atoms with Crippen LogP contribution >= 0.6 is 0 Å². The number of nitrogens with one attached hydrogen (secondary N) is 2. The minimum absolute atomic E-state index is 0.0278. The molecule has 138 valence electrons. The topological polar surface area (TPSA) is 82.4 Å². The minimum atomic E-state index is -0.0508. The molecule has 0 aromatic carbocycles. The van der Waals surface area contributed by atoms with Gasteiger partial charge in [0.05, 0.1) is 25.4 Å². The molecule has 3 heterocycles. The maximum absolute atomic E-state index is 12.6. The van der Waals surface area contributed by atoms with Gasteiger partial charge in [-0.25, -0.2) is 4.79 Å². The third-order valence-corrected chi connectivity index (χ3v) is 6.05. The van der Waals surface area contributed by atoms with E-state index in [4.69, 9.17) is 5.11 Å².